The molecule has 0 fully saturated rings. The molecule has 5 nitrogen and oxygen atoms in total. The number of aromatic nitrogens is 2. The Balaban J connectivity index is 1.95. The van der Waals surface area contributed by atoms with E-state index in [1.165, 1.54) is 7.11 Å². The average Bonchev–Trinajstić information content (AvgIpc) is 2.90. The Labute approximate surface area is 126 Å². The van der Waals surface area contributed by atoms with Crippen LogP contribution in [0.1, 0.15) is 10.4 Å². The third-order valence-electron chi connectivity index (χ3n) is 3.07. The number of nitrogens with one attached hydrogen (secondary N) is 1. The van der Waals surface area contributed by atoms with Gasteiger partial charge in [-0.3, -0.25) is 14.5 Å². The first kappa shape index (κ1) is 13.5. The summed E-state index contributed by atoms with van der Waals surface area (Å²) >= 11 is 5.94. The molecule has 1 aromatic carbocycles. The van der Waals surface area contributed by atoms with Crippen molar-refractivity contribution >= 4 is 29.0 Å². The van der Waals surface area contributed by atoms with Gasteiger partial charge in [-0.2, -0.15) is 0 Å². The molecule has 3 aromatic rings. The van der Waals surface area contributed by atoms with E-state index in [1.807, 2.05) is 24.4 Å². The van der Waals surface area contributed by atoms with Crippen molar-refractivity contribution < 1.29 is 9.53 Å². The first-order chi connectivity index (χ1) is 10.2. The monoisotopic (exact) mass is 301 g/mol. The van der Waals surface area contributed by atoms with Crippen LogP contribution in [-0.2, 0) is 0 Å². The minimum Gasteiger partial charge on any atom is -0.496 e. The second-order valence-electron chi connectivity index (χ2n) is 4.38. The van der Waals surface area contributed by atoms with Crippen LogP contribution in [0.5, 0.6) is 5.75 Å². The smallest absolute Gasteiger partial charge is 0.261 e. The second kappa shape index (κ2) is 5.46. The van der Waals surface area contributed by atoms with Gasteiger partial charge in [0.15, 0.2) is 0 Å². The molecule has 0 unspecified atom stereocenters. The van der Waals surface area contributed by atoms with Gasteiger partial charge in [0.05, 0.1) is 24.4 Å². The first-order valence-electron chi connectivity index (χ1n) is 6.26. The number of ether oxygens (including phenoxy) is 1. The van der Waals surface area contributed by atoms with Crippen molar-refractivity contribution in [3.63, 3.8) is 0 Å². The zero-order valence-corrected chi connectivity index (χ0v) is 12.0. The molecular formula is C15H12ClN3O2. The number of anilines is 1. The van der Waals surface area contributed by atoms with Crippen LogP contribution >= 0.6 is 11.6 Å². The molecule has 0 aliphatic heterocycles. The van der Waals surface area contributed by atoms with Gasteiger partial charge in [-0.15, -0.1) is 0 Å². The Morgan fingerprint density at radius 2 is 2.19 bits per heavy atom. The Morgan fingerprint density at radius 1 is 1.33 bits per heavy atom. The normalized spacial score (nSPS) is 10.6. The summed E-state index contributed by atoms with van der Waals surface area (Å²) in [5.41, 5.74) is 1.25. The minimum absolute atomic E-state index is 0.328. The first-order valence-corrected chi connectivity index (χ1v) is 6.64. The van der Waals surface area contributed by atoms with E-state index in [0.717, 1.165) is 5.52 Å². The zero-order chi connectivity index (χ0) is 14.8. The van der Waals surface area contributed by atoms with Gasteiger partial charge < -0.3 is 4.74 Å². The molecule has 1 amide bonds. The summed E-state index contributed by atoms with van der Waals surface area (Å²) in [6, 6.07) is 10.6. The summed E-state index contributed by atoms with van der Waals surface area (Å²) in [5, 5.41) is 3.22. The molecule has 2 heterocycles. The lowest BCUT2D eigenvalue weighted by molar-refractivity contribution is 0.102. The van der Waals surface area contributed by atoms with Crippen LogP contribution in [0.25, 0.3) is 5.52 Å². The standard InChI is InChI=1S/C15H12ClN3O2/c1-21-13-6-5-10(16)8-12(13)14(20)18-15-17-9-11-4-2-3-7-19(11)15/h2-9H,1H3,(H,17,18,20). The number of imidazole rings is 1. The molecule has 6 heteroatoms. The highest BCUT2D eigenvalue weighted by Gasteiger charge is 2.15. The highest BCUT2D eigenvalue weighted by molar-refractivity contribution is 6.31. The number of halogens is 1. The fourth-order valence-electron chi connectivity index (χ4n) is 2.06. The van der Waals surface area contributed by atoms with E-state index < -0.39 is 0 Å². The van der Waals surface area contributed by atoms with E-state index in [4.69, 9.17) is 16.3 Å². The molecule has 0 bridgehead atoms. The molecular weight excluding hydrogens is 290 g/mol. The Bertz CT molecular complexity index is 814. The number of methoxy groups -OCH3 is 1. The number of fused-ring (bicyclic) bond motifs is 1. The third-order valence-corrected chi connectivity index (χ3v) is 3.31. The number of amides is 1. The molecule has 0 aliphatic carbocycles. The molecule has 0 atom stereocenters. The van der Waals surface area contributed by atoms with Crippen LogP contribution in [0.2, 0.25) is 5.02 Å². The molecule has 106 valence electrons. The maximum Gasteiger partial charge on any atom is 0.261 e. The van der Waals surface area contributed by atoms with E-state index in [9.17, 15) is 4.79 Å². The quantitative estimate of drug-likeness (QED) is 0.808. The number of pyridine rings is 1. The van der Waals surface area contributed by atoms with Gasteiger partial charge in [0, 0.05) is 11.2 Å². The maximum atomic E-state index is 12.4. The zero-order valence-electron chi connectivity index (χ0n) is 11.2. The van der Waals surface area contributed by atoms with Crippen molar-refractivity contribution in [2.24, 2.45) is 0 Å². The fraction of sp³-hybridized carbons (Fsp3) is 0.0667. The van der Waals surface area contributed by atoms with Crippen molar-refractivity contribution in [3.8, 4) is 5.75 Å². The van der Waals surface area contributed by atoms with Crippen LogP contribution in [-0.4, -0.2) is 22.4 Å². The van der Waals surface area contributed by atoms with Crippen LogP contribution in [0.3, 0.4) is 0 Å². The lowest BCUT2D eigenvalue weighted by Gasteiger charge is -2.09. The number of hydrogen-bond acceptors (Lipinski definition) is 3. The number of carbonyl (C=O) groups excluding carboxylic acids is 1. The Hall–Kier alpha value is -2.53. The van der Waals surface area contributed by atoms with Gasteiger partial charge in [-0.05, 0) is 30.3 Å². The van der Waals surface area contributed by atoms with Gasteiger partial charge in [0.2, 0.25) is 5.95 Å². The Morgan fingerprint density at radius 3 is 3.00 bits per heavy atom. The number of carbonyl (C=O) groups is 1. The average molecular weight is 302 g/mol. The summed E-state index contributed by atoms with van der Waals surface area (Å²) in [6.45, 7) is 0. The Kier molecular flexibility index (Phi) is 3.50. The molecule has 3 rings (SSSR count). The third kappa shape index (κ3) is 2.55. The van der Waals surface area contributed by atoms with Crippen LogP contribution in [0.15, 0.2) is 48.8 Å². The summed E-state index contributed by atoms with van der Waals surface area (Å²) in [5.74, 6) is 0.570. The van der Waals surface area contributed by atoms with E-state index in [1.54, 1.807) is 28.8 Å². The van der Waals surface area contributed by atoms with Gasteiger partial charge in [0.1, 0.15) is 5.75 Å². The van der Waals surface area contributed by atoms with Gasteiger partial charge in [0.25, 0.3) is 5.91 Å². The lowest BCUT2D eigenvalue weighted by Crippen LogP contribution is -2.15. The van der Waals surface area contributed by atoms with Gasteiger partial charge in [-0.1, -0.05) is 17.7 Å². The van der Waals surface area contributed by atoms with Crippen molar-refractivity contribution in [2.75, 3.05) is 12.4 Å². The molecule has 0 radical (unpaired) electrons. The molecule has 0 saturated carbocycles. The van der Waals surface area contributed by atoms with Crippen molar-refractivity contribution in [1.29, 1.82) is 0 Å². The summed E-state index contributed by atoms with van der Waals surface area (Å²) < 4.78 is 6.97. The highest BCUT2D eigenvalue weighted by atomic mass is 35.5. The topological polar surface area (TPSA) is 55.6 Å². The van der Waals surface area contributed by atoms with Crippen molar-refractivity contribution in [2.45, 2.75) is 0 Å². The van der Waals surface area contributed by atoms with Crippen LogP contribution in [0.4, 0.5) is 5.95 Å². The predicted molar refractivity (Wildman–Crippen MR) is 81.1 cm³/mol. The molecule has 2 aromatic heterocycles. The molecule has 0 saturated heterocycles. The van der Waals surface area contributed by atoms with Gasteiger partial charge in [-0.25, -0.2) is 4.98 Å². The summed E-state index contributed by atoms with van der Waals surface area (Å²) in [7, 11) is 1.50. The summed E-state index contributed by atoms with van der Waals surface area (Å²) in [4.78, 5) is 16.6. The number of rotatable bonds is 3. The van der Waals surface area contributed by atoms with Crippen molar-refractivity contribution in [1.82, 2.24) is 9.38 Å². The molecule has 0 aliphatic rings. The molecule has 0 spiro atoms. The highest BCUT2D eigenvalue weighted by Crippen LogP contribution is 2.23. The van der Waals surface area contributed by atoms with Crippen LogP contribution in [0, 0.1) is 0 Å². The lowest BCUT2D eigenvalue weighted by atomic mass is 10.2. The van der Waals surface area contributed by atoms with E-state index in [-0.39, 0.29) is 5.91 Å². The van der Waals surface area contributed by atoms with Crippen molar-refractivity contribution in [3.05, 3.63) is 59.4 Å². The van der Waals surface area contributed by atoms with E-state index in [0.29, 0.717) is 22.3 Å². The van der Waals surface area contributed by atoms with Crippen LogP contribution < -0.4 is 10.1 Å². The van der Waals surface area contributed by atoms with E-state index >= 15 is 0 Å². The number of benzene rings is 1. The largest absolute Gasteiger partial charge is 0.496 e. The number of hydrogen-bond donors (Lipinski definition) is 1. The van der Waals surface area contributed by atoms with E-state index in [2.05, 4.69) is 10.3 Å². The summed E-state index contributed by atoms with van der Waals surface area (Å²) in [6.07, 6.45) is 3.51. The SMILES string of the molecule is COc1ccc(Cl)cc1C(=O)Nc1ncc2ccccn12. The fourth-order valence-corrected chi connectivity index (χ4v) is 2.23. The predicted octanol–water partition coefficient (Wildman–Crippen LogP) is 3.25. The second-order valence-corrected chi connectivity index (χ2v) is 4.81. The maximum absolute atomic E-state index is 12.4. The molecule has 21 heavy (non-hydrogen) atoms. The number of nitrogens with zero attached hydrogens (tertiary/aromatic N) is 2. The molecule has 1 N–H and O–H groups in total. The van der Waals surface area contributed by atoms with Gasteiger partial charge >= 0.3 is 0 Å². The minimum atomic E-state index is -0.328.